The molecule has 1 fully saturated rings. The largest absolute Gasteiger partial charge is 0.330 e. The van der Waals surface area contributed by atoms with Crippen LogP contribution in [0.5, 0.6) is 0 Å². The Morgan fingerprint density at radius 2 is 2.00 bits per heavy atom. The van der Waals surface area contributed by atoms with E-state index in [1.165, 1.54) is 0 Å². The fourth-order valence-electron chi connectivity index (χ4n) is 3.46. The summed E-state index contributed by atoms with van der Waals surface area (Å²) in [5, 5.41) is 2.23. The third kappa shape index (κ3) is 4.14. The maximum atomic E-state index is 14.8. The lowest BCUT2D eigenvalue weighted by atomic mass is 9.97. The summed E-state index contributed by atoms with van der Waals surface area (Å²) in [4.78, 5) is 50.1. The van der Waals surface area contributed by atoms with Gasteiger partial charge in [0.1, 0.15) is 6.04 Å². The van der Waals surface area contributed by atoms with Gasteiger partial charge in [0.05, 0.1) is 4.11 Å². The van der Waals surface area contributed by atoms with E-state index in [0.717, 1.165) is 35.2 Å². The molecule has 166 valence electrons. The van der Waals surface area contributed by atoms with Gasteiger partial charge in [0, 0.05) is 38.3 Å². The van der Waals surface area contributed by atoms with E-state index in [4.69, 9.17) is 18.5 Å². The van der Waals surface area contributed by atoms with Crippen molar-refractivity contribution in [2.45, 2.75) is 44.1 Å². The van der Waals surface area contributed by atoms with Gasteiger partial charge in [-0.15, -0.1) is 0 Å². The quantitative estimate of drug-likeness (QED) is 0.663. The number of hydrogen-bond donors (Lipinski definition) is 1. The standard InChI is InChI=1S/C23H19ClF2N2O4/c24-16-5-3-15(4-6-16)23(25,26)19(29)9-2-13-1-7-17-14(11-13)12-28(22(17)32)18-8-10-20(30)27-21(18)31/h1,3-7,11,18H,2,8-10,12H2,(H,27,30,31)/i1D,2D2,7D,12D. The van der Waals surface area contributed by atoms with Crippen LogP contribution in [-0.2, 0) is 33.2 Å². The minimum atomic E-state index is -4.07. The fourth-order valence-corrected chi connectivity index (χ4v) is 3.59. The van der Waals surface area contributed by atoms with Gasteiger partial charge in [-0.25, -0.2) is 0 Å². The smallest absolute Gasteiger partial charge is 0.322 e. The van der Waals surface area contributed by atoms with E-state index in [1.807, 2.05) is 0 Å². The lowest BCUT2D eigenvalue weighted by Gasteiger charge is -2.29. The number of alkyl halides is 2. The maximum Gasteiger partial charge on any atom is 0.330 e. The second-order valence-corrected chi connectivity index (χ2v) is 7.74. The lowest BCUT2D eigenvalue weighted by Crippen LogP contribution is -2.52. The first kappa shape index (κ1) is 16.5. The molecule has 0 saturated carbocycles. The number of aryl methyl sites for hydroxylation is 1. The number of carbonyl (C=O) groups excluding carboxylic acids is 4. The summed E-state index contributed by atoms with van der Waals surface area (Å²) >= 11 is 5.69. The van der Waals surface area contributed by atoms with E-state index < -0.39 is 83.6 Å². The van der Waals surface area contributed by atoms with Crippen LogP contribution >= 0.6 is 11.6 Å². The predicted octanol–water partition coefficient (Wildman–Crippen LogP) is 3.39. The molecule has 2 unspecified atom stereocenters. The number of imide groups is 1. The molecule has 0 aromatic heterocycles. The number of ketones is 1. The number of hydrogen-bond acceptors (Lipinski definition) is 4. The van der Waals surface area contributed by atoms with Gasteiger partial charge < -0.3 is 4.90 Å². The van der Waals surface area contributed by atoms with Crippen LogP contribution in [0.1, 0.15) is 53.2 Å². The van der Waals surface area contributed by atoms with Gasteiger partial charge >= 0.3 is 5.92 Å². The second-order valence-electron chi connectivity index (χ2n) is 7.30. The normalized spacial score (nSPS) is 23.5. The topological polar surface area (TPSA) is 83.6 Å². The molecule has 4 rings (SSSR count). The first-order chi connectivity index (χ1) is 17.2. The Morgan fingerprint density at radius 1 is 1.28 bits per heavy atom. The molecule has 2 heterocycles. The van der Waals surface area contributed by atoms with Crippen molar-refractivity contribution in [2.24, 2.45) is 0 Å². The highest BCUT2D eigenvalue weighted by Crippen LogP contribution is 2.32. The molecule has 1 N–H and O–H groups in total. The van der Waals surface area contributed by atoms with Gasteiger partial charge in [0.25, 0.3) is 5.91 Å². The van der Waals surface area contributed by atoms with Gasteiger partial charge in [-0.05, 0) is 42.1 Å². The van der Waals surface area contributed by atoms with Crippen LogP contribution in [0.15, 0.2) is 42.4 Å². The van der Waals surface area contributed by atoms with Gasteiger partial charge in [0.2, 0.25) is 17.6 Å². The van der Waals surface area contributed by atoms with Crippen molar-refractivity contribution in [3.63, 3.8) is 0 Å². The molecule has 2 aliphatic heterocycles. The zero-order valence-corrected chi connectivity index (χ0v) is 17.1. The zero-order chi connectivity index (χ0) is 27.4. The molecule has 6 nitrogen and oxygen atoms in total. The third-order valence-corrected chi connectivity index (χ3v) is 5.43. The maximum absolute atomic E-state index is 14.8. The van der Waals surface area contributed by atoms with Crippen molar-refractivity contribution in [2.75, 3.05) is 0 Å². The van der Waals surface area contributed by atoms with Crippen LogP contribution in [0, 0.1) is 0 Å². The lowest BCUT2D eigenvalue weighted by molar-refractivity contribution is -0.144. The van der Waals surface area contributed by atoms with E-state index in [0.29, 0.717) is 0 Å². The molecule has 0 aliphatic carbocycles. The van der Waals surface area contributed by atoms with Gasteiger partial charge in [0.15, 0.2) is 0 Å². The Hall–Kier alpha value is -3.13. The Kier molecular flexibility index (Phi) is 4.34. The molecular formula is C23H19ClF2N2O4. The van der Waals surface area contributed by atoms with Gasteiger partial charge in [-0.1, -0.05) is 35.8 Å². The first-order valence-corrected chi connectivity index (χ1v) is 9.95. The minimum Gasteiger partial charge on any atom is -0.322 e. The number of amides is 3. The molecule has 2 atom stereocenters. The molecule has 0 bridgehead atoms. The summed E-state index contributed by atoms with van der Waals surface area (Å²) in [6.07, 6.45) is -4.37. The summed E-state index contributed by atoms with van der Waals surface area (Å²) < 4.78 is 71.2. The Labute approximate surface area is 194 Å². The number of nitrogens with zero attached hydrogens (tertiary/aromatic N) is 1. The Balaban J connectivity index is 1.67. The first-order valence-electron chi connectivity index (χ1n) is 12.1. The molecule has 0 spiro atoms. The van der Waals surface area contributed by atoms with Crippen molar-refractivity contribution < 1.29 is 34.8 Å². The molecule has 2 aromatic carbocycles. The number of nitrogens with one attached hydrogen (secondary N) is 1. The van der Waals surface area contributed by atoms with E-state index in [2.05, 4.69) is 5.32 Å². The summed E-state index contributed by atoms with van der Waals surface area (Å²) in [6, 6.07) is 2.34. The molecule has 32 heavy (non-hydrogen) atoms. The van der Waals surface area contributed by atoms with Gasteiger partial charge in [-0.2, -0.15) is 8.78 Å². The number of carbonyl (C=O) groups is 4. The van der Waals surface area contributed by atoms with Crippen LogP contribution in [0.3, 0.4) is 0 Å². The number of rotatable bonds is 6. The highest BCUT2D eigenvalue weighted by atomic mass is 35.5. The van der Waals surface area contributed by atoms with Crippen molar-refractivity contribution in [3.05, 3.63) is 69.7 Å². The summed E-state index contributed by atoms with van der Waals surface area (Å²) in [5.41, 5.74) is -1.92. The Bertz CT molecular complexity index is 1340. The molecular weight excluding hydrogens is 442 g/mol. The van der Waals surface area contributed by atoms with E-state index in [1.54, 1.807) is 0 Å². The van der Waals surface area contributed by atoms with Crippen LogP contribution in [0.4, 0.5) is 8.78 Å². The number of Topliss-reactive ketones (excluding diaryl/α,β-unsaturated/α-hetero) is 1. The number of piperidine rings is 1. The molecule has 2 aliphatic rings. The Morgan fingerprint density at radius 3 is 2.69 bits per heavy atom. The number of benzene rings is 2. The SMILES string of the molecule is [2H]c1c(C([2H])([2H])CC(=O)C(F)(F)c2ccc(Cl)cc2)cc2c(c1[2H])C(=O)N(C1CCC(=O)NC1=O)C2[2H]. The summed E-state index contributed by atoms with van der Waals surface area (Å²) in [5.74, 6) is -8.12. The van der Waals surface area contributed by atoms with Crippen LogP contribution in [-0.4, -0.2) is 34.4 Å². The van der Waals surface area contributed by atoms with Gasteiger partial charge in [-0.3, -0.25) is 24.5 Å². The van der Waals surface area contributed by atoms with Crippen molar-refractivity contribution in [1.82, 2.24) is 10.2 Å². The third-order valence-electron chi connectivity index (χ3n) is 5.18. The minimum absolute atomic E-state index is 0.0667. The highest BCUT2D eigenvalue weighted by Gasteiger charge is 2.41. The summed E-state index contributed by atoms with van der Waals surface area (Å²) in [6.45, 7) is -1.59. The molecule has 0 radical (unpaired) electrons. The fraction of sp³-hybridized carbons (Fsp3) is 0.304. The molecule has 3 amide bonds. The average molecular weight is 466 g/mol. The van der Waals surface area contributed by atoms with E-state index >= 15 is 0 Å². The number of fused-ring (bicyclic) bond motifs is 1. The van der Waals surface area contributed by atoms with E-state index in [-0.39, 0.29) is 23.4 Å². The molecule has 2 aromatic rings. The van der Waals surface area contributed by atoms with E-state index in [9.17, 15) is 28.0 Å². The van der Waals surface area contributed by atoms with Crippen LogP contribution < -0.4 is 5.32 Å². The molecule has 9 heteroatoms. The summed E-state index contributed by atoms with van der Waals surface area (Å²) in [7, 11) is 0. The monoisotopic (exact) mass is 465 g/mol. The highest BCUT2D eigenvalue weighted by molar-refractivity contribution is 6.30. The predicted molar refractivity (Wildman–Crippen MR) is 111 cm³/mol. The van der Waals surface area contributed by atoms with Crippen LogP contribution in [0.2, 0.25) is 5.02 Å². The second kappa shape index (κ2) is 8.43. The zero-order valence-electron chi connectivity index (χ0n) is 21.4. The average Bonchev–Trinajstić information content (AvgIpc) is 3.06. The molecule has 1 saturated heterocycles. The van der Waals surface area contributed by atoms with Crippen molar-refractivity contribution in [1.29, 1.82) is 0 Å². The van der Waals surface area contributed by atoms with Crippen molar-refractivity contribution in [3.8, 4) is 0 Å². The number of halogens is 3. The van der Waals surface area contributed by atoms with Crippen molar-refractivity contribution >= 4 is 35.1 Å². The van der Waals surface area contributed by atoms with Crippen LogP contribution in [0.25, 0.3) is 0 Å².